The number of hydrogen-bond donors (Lipinski definition) is 3. The third kappa shape index (κ3) is 12.2. The molecular weight excluding hydrogens is 204 g/mol. The normalized spacial score (nSPS) is 10.3. The monoisotopic (exact) mass is 213 g/mol. The fourth-order valence-electron chi connectivity index (χ4n) is 0.275. The number of nitrogens with two attached hydrogens (primary N) is 1. The molecule has 1 atom stereocenters. The van der Waals surface area contributed by atoms with Crippen LogP contribution >= 0.6 is 0 Å². The number of hydrogen-bond acceptors (Lipinski definition) is 3. The second-order valence-corrected chi connectivity index (χ2v) is 1.54. The summed E-state index contributed by atoms with van der Waals surface area (Å²) in [6, 6.07) is -1.29. The number of rotatable bonds is 3. The molecule has 7 heteroatoms. The van der Waals surface area contributed by atoms with E-state index in [0.717, 1.165) is 0 Å². The molecule has 0 aromatic carbocycles. The largest absolute Gasteiger partial charge is 1.00 e. The van der Waals surface area contributed by atoms with Gasteiger partial charge in [-0.2, -0.15) is 0 Å². The molecule has 0 amide bonds. The maximum atomic E-state index is 9.85. The topological polar surface area (TPSA) is 101 Å². The van der Waals surface area contributed by atoms with Crippen molar-refractivity contribution in [1.29, 1.82) is 0 Å². The molecule has 5 nitrogen and oxygen atoms in total. The molecule has 0 rings (SSSR count). The molecule has 0 radical (unpaired) electrons. The SMILES string of the molecule is N[C@@H](CC(=O)O)C(=O)O.[H-].[H-].[K+].[K+]. The van der Waals surface area contributed by atoms with Crippen LogP contribution in [0.15, 0.2) is 0 Å². The second kappa shape index (κ2) is 10.3. The summed E-state index contributed by atoms with van der Waals surface area (Å²) in [5.41, 5.74) is 4.84. The first-order valence-electron chi connectivity index (χ1n) is 2.24. The third-order valence-electron chi connectivity index (χ3n) is 0.712. The van der Waals surface area contributed by atoms with Crippen molar-refractivity contribution in [2.75, 3.05) is 0 Å². The van der Waals surface area contributed by atoms with Gasteiger partial charge >= 0.3 is 115 Å². The van der Waals surface area contributed by atoms with E-state index >= 15 is 0 Å². The van der Waals surface area contributed by atoms with E-state index in [1.807, 2.05) is 0 Å². The Balaban J connectivity index is -0.0000000533. The fraction of sp³-hybridized carbons (Fsp3) is 0.500. The van der Waals surface area contributed by atoms with Crippen LogP contribution in [0, 0.1) is 0 Å². The average Bonchev–Trinajstić information content (AvgIpc) is 1.63. The first-order chi connectivity index (χ1) is 4.04. The molecule has 0 saturated heterocycles. The van der Waals surface area contributed by atoms with Crippen molar-refractivity contribution in [2.45, 2.75) is 12.5 Å². The van der Waals surface area contributed by atoms with Crippen LogP contribution in [0.3, 0.4) is 0 Å². The Labute approximate surface area is 152 Å². The average molecular weight is 213 g/mol. The smallest absolute Gasteiger partial charge is 1.00 e. The van der Waals surface area contributed by atoms with Crippen LogP contribution in [-0.4, -0.2) is 28.2 Å². The minimum absolute atomic E-state index is 0. The Hall–Kier alpha value is 2.17. The summed E-state index contributed by atoms with van der Waals surface area (Å²) in [7, 11) is 0. The predicted octanol–water partition coefficient (Wildman–Crippen LogP) is -6.89. The Morgan fingerprint density at radius 1 is 1.36 bits per heavy atom. The Kier molecular flexibility index (Phi) is 17.6. The van der Waals surface area contributed by atoms with E-state index in [2.05, 4.69) is 0 Å². The Morgan fingerprint density at radius 2 is 1.73 bits per heavy atom. The summed E-state index contributed by atoms with van der Waals surface area (Å²) in [6.07, 6.45) is -0.532. The molecular formula is C4H9K2NO4. The van der Waals surface area contributed by atoms with Crippen molar-refractivity contribution in [2.24, 2.45) is 5.73 Å². The van der Waals surface area contributed by atoms with E-state index in [-0.39, 0.29) is 106 Å². The van der Waals surface area contributed by atoms with Gasteiger partial charge in [0.15, 0.2) is 0 Å². The van der Waals surface area contributed by atoms with Crippen molar-refractivity contribution < 1.29 is 125 Å². The number of aliphatic carboxylic acids is 2. The summed E-state index contributed by atoms with van der Waals surface area (Å²) in [4.78, 5) is 19.6. The minimum Gasteiger partial charge on any atom is -1.00 e. The number of carboxylic acid groups (broad SMARTS) is 2. The molecule has 0 fully saturated rings. The second-order valence-electron chi connectivity index (χ2n) is 1.54. The van der Waals surface area contributed by atoms with Gasteiger partial charge < -0.3 is 18.8 Å². The van der Waals surface area contributed by atoms with Gasteiger partial charge in [-0.3, -0.25) is 9.59 Å². The molecule has 0 aliphatic rings. The van der Waals surface area contributed by atoms with Crippen LogP contribution in [-0.2, 0) is 9.59 Å². The fourth-order valence-corrected chi connectivity index (χ4v) is 0.275. The summed E-state index contributed by atoms with van der Waals surface area (Å²) < 4.78 is 0. The van der Waals surface area contributed by atoms with Gasteiger partial charge in [0.25, 0.3) is 0 Å². The summed E-state index contributed by atoms with van der Waals surface area (Å²) in [5.74, 6) is -2.50. The standard InChI is InChI=1S/C4H7NO4.2K.2H/c5-2(4(8)9)1-3(6)7;;;;/h2H,1,5H2,(H,6,7)(H,8,9);;;;/q;2*+1;2*-1/t2-;;;;/m0..../s1. The van der Waals surface area contributed by atoms with Crippen LogP contribution in [0.5, 0.6) is 0 Å². The van der Waals surface area contributed by atoms with Crippen LogP contribution in [0.2, 0.25) is 0 Å². The zero-order chi connectivity index (χ0) is 7.44. The molecule has 0 aliphatic carbocycles. The molecule has 4 N–H and O–H groups in total. The zero-order valence-electron chi connectivity index (χ0n) is 8.57. The van der Waals surface area contributed by atoms with Crippen molar-refractivity contribution in [3.63, 3.8) is 0 Å². The van der Waals surface area contributed by atoms with Crippen molar-refractivity contribution in [1.82, 2.24) is 0 Å². The maximum Gasteiger partial charge on any atom is 1.00 e. The molecule has 0 saturated carbocycles. The van der Waals surface area contributed by atoms with Crippen molar-refractivity contribution >= 4 is 11.9 Å². The van der Waals surface area contributed by atoms with Gasteiger partial charge in [-0.15, -0.1) is 0 Å². The molecule has 0 aliphatic heterocycles. The zero-order valence-corrected chi connectivity index (χ0v) is 12.8. The van der Waals surface area contributed by atoms with E-state index in [9.17, 15) is 9.59 Å². The van der Waals surface area contributed by atoms with Crippen molar-refractivity contribution in [3.05, 3.63) is 0 Å². The minimum atomic E-state index is -1.29. The van der Waals surface area contributed by atoms with E-state index in [4.69, 9.17) is 15.9 Å². The quantitative estimate of drug-likeness (QED) is 0.405. The van der Waals surface area contributed by atoms with Crippen LogP contribution in [0.4, 0.5) is 0 Å². The molecule has 0 unspecified atom stereocenters. The number of carbonyl (C=O) groups is 2. The summed E-state index contributed by atoms with van der Waals surface area (Å²) in [6.45, 7) is 0. The van der Waals surface area contributed by atoms with Gasteiger partial charge in [0.1, 0.15) is 6.04 Å². The summed E-state index contributed by atoms with van der Waals surface area (Å²) >= 11 is 0. The van der Waals surface area contributed by atoms with Crippen LogP contribution in [0.25, 0.3) is 0 Å². The Morgan fingerprint density at radius 3 is 1.82 bits per heavy atom. The molecule has 0 bridgehead atoms. The maximum absolute atomic E-state index is 9.85. The van der Waals surface area contributed by atoms with Crippen molar-refractivity contribution in [3.8, 4) is 0 Å². The first-order valence-corrected chi connectivity index (χ1v) is 2.24. The van der Waals surface area contributed by atoms with Gasteiger partial charge in [0, 0.05) is 0 Å². The summed E-state index contributed by atoms with van der Waals surface area (Å²) in [5, 5.41) is 16.0. The molecule has 0 spiro atoms. The Bertz CT molecular complexity index is 148. The molecule has 56 valence electrons. The molecule has 11 heavy (non-hydrogen) atoms. The van der Waals surface area contributed by atoms with Crippen LogP contribution in [0.1, 0.15) is 9.27 Å². The van der Waals surface area contributed by atoms with Gasteiger partial charge in [0.05, 0.1) is 6.42 Å². The molecule has 0 aromatic rings. The predicted molar refractivity (Wildman–Crippen MR) is 30.1 cm³/mol. The van der Waals surface area contributed by atoms with E-state index in [0.29, 0.717) is 0 Å². The molecule has 0 aromatic heterocycles. The van der Waals surface area contributed by atoms with E-state index in [1.165, 1.54) is 0 Å². The van der Waals surface area contributed by atoms with E-state index in [1.54, 1.807) is 0 Å². The van der Waals surface area contributed by atoms with Crippen LogP contribution < -0.4 is 109 Å². The first kappa shape index (κ1) is 18.9. The van der Waals surface area contributed by atoms with Gasteiger partial charge in [-0.1, -0.05) is 0 Å². The molecule has 0 heterocycles. The van der Waals surface area contributed by atoms with Gasteiger partial charge in [-0.05, 0) is 0 Å². The third-order valence-corrected chi connectivity index (χ3v) is 0.712. The van der Waals surface area contributed by atoms with Gasteiger partial charge in [0.2, 0.25) is 0 Å². The van der Waals surface area contributed by atoms with Gasteiger partial charge in [-0.25, -0.2) is 0 Å². The number of carboxylic acids is 2. The van der Waals surface area contributed by atoms with E-state index < -0.39 is 24.4 Å².